The number of hydrogen-bond donors (Lipinski definition) is 2. The molecule has 5 heteroatoms. The van der Waals surface area contributed by atoms with Crippen molar-refractivity contribution < 1.29 is 4.79 Å². The van der Waals surface area contributed by atoms with Crippen LogP contribution in [0.1, 0.15) is 24.2 Å². The third-order valence-corrected chi connectivity index (χ3v) is 3.20. The van der Waals surface area contributed by atoms with Crippen LogP contribution in [0.4, 0.5) is 0 Å². The van der Waals surface area contributed by atoms with E-state index in [-0.39, 0.29) is 5.91 Å². The number of rotatable bonds is 3. The van der Waals surface area contributed by atoms with Crippen molar-refractivity contribution in [1.82, 2.24) is 5.32 Å². The zero-order valence-electron chi connectivity index (χ0n) is 9.18. The Morgan fingerprint density at radius 1 is 1.56 bits per heavy atom. The van der Waals surface area contributed by atoms with Crippen LogP contribution >= 0.6 is 27.5 Å². The summed E-state index contributed by atoms with van der Waals surface area (Å²) in [5.74, 6) is -0.218. The van der Waals surface area contributed by atoms with E-state index in [2.05, 4.69) is 21.2 Å². The molecule has 0 aliphatic carbocycles. The first-order valence-electron chi connectivity index (χ1n) is 4.82. The highest BCUT2D eigenvalue weighted by Crippen LogP contribution is 2.25. The Bertz CT molecular complexity index is 401. The SMILES string of the molecule is CC(C)(N)CNC(=O)c1cccc(Br)c1Cl. The summed E-state index contributed by atoms with van der Waals surface area (Å²) in [6.07, 6.45) is 0. The van der Waals surface area contributed by atoms with E-state index in [1.165, 1.54) is 0 Å². The van der Waals surface area contributed by atoms with Crippen molar-refractivity contribution in [3.8, 4) is 0 Å². The molecule has 88 valence electrons. The van der Waals surface area contributed by atoms with Gasteiger partial charge in [0.15, 0.2) is 0 Å². The van der Waals surface area contributed by atoms with Gasteiger partial charge in [-0.05, 0) is 41.9 Å². The number of nitrogens with one attached hydrogen (secondary N) is 1. The lowest BCUT2D eigenvalue weighted by molar-refractivity contribution is 0.0946. The molecule has 0 aromatic heterocycles. The molecule has 1 rings (SSSR count). The molecule has 0 spiro atoms. The van der Waals surface area contributed by atoms with Crippen molar-refractivity contribution >= 4 is 33.4 Å². The topological polar surface area (TPSA) is 55.1 Å². The highest BCUT2D eigenvalue weighted by molar-refractivity contribution is 9.10. The van der Waals surface area contributed by atoms with Crippen LogP contribution in [-0.4, -0.2) is 18.0 Å². The molecule has 0 atom stereocenters. The molecule has 0 radical (unpaired) electrons. The van der Waals surface area contributed by atoms with Crippen LogP contribution < -0.4 is 11.1 Å². The molecule has 1 aromatic rings. The van der Waals surface area contributed by atoms with Crippen LogP contribution in [0.5, 0.6) is 0 Å². The van der Waals surface area contributed by atoms with Crippen molar-refractivity contribution in [1.29, 1.82) is 0 Å². The standard InChI is InChI=1S/C11H14BrClN2O/c1-11(2,14)6-15-10(16)7-4-3-5-8(12)9(7)13/h3-5H,6,14H2,1-2H3,(H,15,16). The van der Waals surface area contributed by atoms with Gasteiger partial charge < -0.3 is 11.1 Å². The lowest BCUT2D eigenvalue weighted by Crippen LogP contribution is -2.45. The highest BCUT2D eigenvalue weighted by Gasteiger charge is 2.16. The molecule has 1 aromatic carbocycles. The molecule has 16 heavy (non-hydrogen) atoms. The summed E-state index contributed by atoms with van der Waals surface area (Å²) >= 11 is 9.27. The number of nitrogens with two attached hydrogens (primary N) is 1. The number of halogens is 2. The second-order valence-electron chi connectivity index (χ2n) is 4.27. The normalized spacial score (nSPS) is 11.3. The Morgan fingerprint density at radius 2 is 2.19 bits per heavy atom. The zero-order valence-corrected chi connectivity index (χ0v) is 11.5. The number of hydrogen-bond acceptors (Lipinski definition) is 2. The molecule has 0 aliphatic heterocycles. The average molecular weight is 306 g/mol. The predicted octanol–water partition coefficient (Wildman–Crippen LogP) is 2.57. The van der Waals surface area contributed by atoms with Gasteiger partial charge in [-0.25, -0.2) is 0 Å². The van der Waals surface area contributed by atoms with E-state index in [4.69, 9.17) is 17.3 Å². The van der Waals surface area contributed by atoms with Crippen molar-refractivity contribution in [2.24, 2.45) is 5.73 Å². The van der Waals surface area contributed by atoms with Gasteiger partial charge in [0.2, 0.25) is 0 Å². The Hall–Kier alpha value is -0.580. The molecule has 0 saturated heterocycles. The van der Waals surface area contributed by atoms with Crippen molar-refractivity contribution in [3.63, 3.8) is 0 Å². The van der Waals surface area contributed by atoms with Gasteiger partial charge in [-0.15, -0.1) is 0 Å². The first-order chi connectivity index (χ1) is 7.31. The maximum atomic E-state index is 11.8. The fraction of sp³-hybridized carbons (Fsp3) is 0.364. The van der Waals surface area contributed by atoms with Gasteiger partial charge in [-0.2, -0.15) is 0 Å². The van der Waals surface area contributed by atoms with Crippen molar-refractivity contribution in [2.75, 3.05) is 6.54 Å². The summed E-state index contributed by atoms with van der Waals surface area (Å²) in [5, 5.41) is 3.15. The summed E-state index contributed by atoms with van der Waals surface area (Å²) in [6.45, 7) is 4.08. The summed E-state index contributed by atoms with van der Waals surface area (Å²) in [4.78, 5) is 11.8. The minimum Gasteiger partial charge on any atom is -0.350 e. The van der Waals surface area contributed by atoms with Crippen molar-refractivity contribution in [2.45, 2.75) is 19.4 Å². The van der Waals surface area contributed by atoms with Crippen LogP contribution in [0.3, 0.4) is 0 Å². The van der Waals surface area contributed by atoms with E-state index in [0.29, 0.717) is 21.6 Å². The van der Waals surface area contributed by atoms with E-state index < -0.39 is 5.54 Å². The van der Waals surface area contributed by atoms with Crippen LogP contribution in [-0.2, 0) is 0 Å². The molecule has 0 aliphatic rings. The third kappa shape index (κ3) is 3.77. The first-order valence-corrected chi connectivity index (χ1v) is 5.99. The second-order valence-corrected chi connectivity index (χ2v) is 5.50. The second kappa shape index (κ2) is 5.17. The molecule has 0 bridgehead atoms. The Kier molecular flexibility index (Phi) is 4.35. The molecule has 1 amide bonds. The van der Waals surface area contributed by atoms with Crippen LogP contribution in [0.2, 0.25) is 5.02 Å². The number of carbonyl (C=O) groups excluding carboxylic acids is 1. The third-order valence-electron chi connectivity index (χ3n) is 1.90. The lowest BCUT2D eigenvalue weighted by Gasteiger charge is -2.19. The molecule has 0 saturated carbocycles. The fourth-order valence-corrected chi connectivity index (χ4v) is 1.66. The monoisotopic (exact) mass is 304 g/mol. The summed E-state index contributed by atoms with van der Waals surface area (Å²) in [7, 11) is 0. The van der Waals surface area contributed by atoms with Gasteiger partial charge in [-0.3, -0.25) is 4.79 Å². The predicted molar refractivity (Wildman–Crippen MR) is 69.8 cm³/mol. The fourth-order valence-electron chi connectivity index (χ4n) is 1.08. The summed E-state index contributed by atoms with van der Waals surface area (Å²) in [6, 6.07) is 5.22. The molecule has 0 unspecified atom stereocenters. The smallest absolute Gasteiger partial charge is 0.252 e. The van der Waals surface area contributed by atoms with Gasteiger partial charge in [0.05, 0.1) is 10.6 Å². The van der Waals surface area contributed by atoms with Crippen LogP contribution in [0.15, 0.2) is 22.7 Å². The lowest BCUT2D eigenvalue weighted by atomic mass is 10.1. The van der Waals surface area contributed by atoms with Gasteiger partial charge in [-0.1, -0.05) is 17.7 Å². The van der Waals surface area contributed by atoms with Gasteiger partial charge in [0.1, 0.15) is 0 Å². The number of carbonyl (C=O) groups is 1. The minimum absolute atomic E-state index is 0.218. The molecular formula is C11H14BrClN2O. The molecule has 3 nitrogen and oxygen atoms in total. The maximum Gasteiger partial charge on any atom is 0.252 e. The molecular weight excluding hydrogens is 291 g/mol. The maximum absolute atomic E-state index is 11.8. The number of amides is 1. The van der Waals surface area contributed by atoms with E-state index in [9.17, 15) is 4.79 Å². The summed E-state index contributed by atoms with van der Waals surface area (Å²) in [5.41, 5.74) is 5.78. The first kappa shape index (κ1) is 13.5. The van der Waals surface area contributed by atoms with E-state index in [1.807, 2.05) is 13.8 Å². The highest BCUT2D eigenvalue weighted by atomic mass is 79.9. The largest absolute Gasteiger partial charge is 0.350 e. The molecule has 0 heterocycles. The van der Waals surface area contributed by atoms with Gasteiger partial charge in [0, 0.05) is 16.6 Å². The Morgan fingerprint density at radius 3 is 2.75 bits per heavy atom. The summed E-state index contributed by atoms with van der Waals surface area (Å²) < 4.78 is 0.703. The van der Waals surface area contributed by atoms with Gasteiger partial charge >= 0.3 is 0 Å². The van der Waals surface area contributed by atoms with Crippen LogP contribution in [0.25, 0.3) is 0 Å². The quantitative estimate of drug-likeness (QED) is 0.902. The minimum atomic E-state index is -0.436. The Labute approximate surface area is 108 Å². The molecule has 3 N–H and O–H groups in total. The Balaban J connectivity index is 2.78. The van der Waals surface area contributed by atoms with Crippen LogP contribution in [0, 0.1) is 0 Å². The van der Waals surface area contributed by atoms with Gasteiger partial charge in [0.25, 0.3) is 5.91 Å². The van der Waals surface area contributed by atoms with E-state index in [1.54, 1.807) is 18.2 Å². The average Bonchev–Trinajstić information content (AvgIpc) is 2.17. The van der Waals surface area contributed by atoms with E-state index >= 15 is 0 Å². The molecule has 0 fully saturated rings. The zero-order chi connectivity index (χ0) is 12.3. The van der Waals surface area contributed by atoms with Crippen molar-refractivity contribution in [3.05, 3.63) is 33.3 Å². The number of benzene rings is 1. The van der Waals surface area contributed by atoms with E-state index in [0.717, 1.165) is 0 Å².